The number of amides is 1. The average Bonchev–Trinajstić information content (AvgIpc) is 2.62. The van der Waals surface area contributed by atoms with E-state index >= 15 is 0 Å². The summed E-state index contributed by atoms with van der Waals surface area (Å²) in [4.78, 5) is 12.1. The van der Waals surface area contributed by atoms with Crippen molar-refractivity contribution in [3.8, 4) is 5.75 Å². The Morgan fingerprint density at radius 1 is 1.08 bits per heavy atom. The summed E-state index contributed by atoms with van der Waals surface area (Å²) in [6, 6.07) is 17.8. The number of hydrogen-bond acceptors (Lipinski definition) is 2. The predicted molar refractivity (Wildman–Crippen MR) is 99.7 cm³/mol. The van der Waals surface area contributed by atoms with Crippen LogP contribution in [0, 0.1) is 0 Å². The lowest BCUT2D eigenvalue weighted by molar-refractivity contribution is -0.111. The van der Waals surface area contributed by atoms with Crippen molar-refractivity contribution >= 4 is 40.0 Å². The Balaban J connectivity index is 1.72. The van der Waals surface area contributed by atoms with Gasteiger partial charge in [-0.3, -0.25) is 4.79 Å². The molecule has 0 bridgehead atoms. The van der Waals surface area contributed by atoms with E-state index in [1.165, 1.54) is 24.3 Å². The lowest BCUT2D eigenvalue weighted by Gasteiger charge is -2.08. The third-order valence-electron chi connectivity index (χ3n) is 3.65. The van der Waals surface area contributed by atoms with Crippen molar-refractivity contribution in [3.05, 3.63) is 77.3 Å². The molecule has 1 N–H and O–H groups in total. The van der Waals surface area contributed by atoms with Crippen molar-refractivity contribution in [2.24, 2.45) is 0 Å². The van der Waals surface area contributed by atoms with E-state index in [4.69, 9.17) is 11.6 Å². The van der Waals surface area contributed by atoms with Crippen LogP contribution in [0.5, 0.6) is 5.75 Å². The van der Waals surface area contributed by atoms with Gasteiger partial charge in [-0.2, -0.15) is 8.78 Å². The zero-order valence-corrected chi connectivity index (χ0v) is 14.2. The fraction of sp³-hybridized carbons (Fsp3) is 0.0500. The number of alkyl halides is 2. The molecule has 0 heterocycles. The number of hydrogen-bond donors (Lipinski definition) is 1. The molecule has 0 radical (unpaired) electrons. The first kappa shape index (κ1) is 17.9. The highest BCUT2D eigenvalue weighted by molar-refractivity contribution is 6.32. The van der Waals surface area contributed by atoms with E-state index in [1.54, 1.807) is 6.08 Å². The highest BCUT2D eigenvalue weighted by Gasteiger charge is 2.09. The molecule has 0 saturated carbocycles. The number of carbonyl (C=O) groups is 1. The minimum atomic E-state index is -2.96. The maximum atomic E-state index is 12.2. The number of halogens is 3. The van der Waals surface area contributed by atoms with E-state index in [0.29, 0.717) is 5.69 Å². The molecule has 0 atom stereocenters. The van der Waals surface area contributed by atoms with Gasteiger partial charge in [-0.15, -0.1) is 0 Å². The molecule has 3 aromatic carbocycles. The molecule has 3 rings (SSSR count). The van der Waals surface area contributed by atoms with E-state index < -0.39 is 6.61 Å². The Bertz CT molecular complexity index is 968. The fourth-order valence-corrected chi connectivity index (χ4v) is 2.74. The molecule has 0 aliphatic rings. The second kappa shape index (κ2) is 7.97. The number of ether oxygens (including phenoxy) is 1. The van der Waals surface area contributed by atoms with Gasteiger partial charge in [0.25, 0.3) is 0 Å². The standard InChI is InChI=1S/C20H14ClF2NO2/c21-17-12-15(9-10-18(17)26-20(22)23)24-19(25)11-8-14-6-3-5-13-4-1-2-7-16(13)14/h1-12,20H,(H,24,25)/b11-8+. The van der Waals surface area contributed by atoms with Crippen LogP contribution < -0.4 is 10.1 Å². The van der Waals surface area contributed by atoms with Crippen molar-refractivity contribution in [3.63, 3.8) is 0 Å². The van der Waals surface area contributed by atoms with Gasteiger partial charge in [-0.1, -0.05) is 54.1 Å². The van der Waals surface area contributed by atoms with Crippen molar-refractivity contribution < 1.29 is 18.3 Å². The molecular weight excluding hydrogens is 360 g/mol. The van der Waals surface area contributed by atoms with Crippen LogP contribution in [0.25, 0.3) is 16.8 Å². The summed E-state index contributed by atoms with van der Waals surface area (Å²) >= 11 is 5.87. The first-order valence-electron chi connectivity index (χ1n) is 7.74. The molecule has 0 aliphatic carbocycles. The Morgan fingerprint density at radius 2 is 1.85 bits per heavy atom. The molecule has 1 amide bonds. The van der Waals surface area contributed by atoms with Crippen LogP contribution in [0.4, 0.5) is 14.5 Å². The van der Waals surface area contributed by atoms with Gasteiger partial charge in [0, 0.05) is 11.8 Å². The number of anilines is 1. The van der Waals surface area contributed by atoms with E-state index in [9.17, 15) is 13.6 Å². The smallest absolute Gasteiger partial charge is 0.387 e. The number of benzene rings is 3. The Hall–Kier alpha value is -2.92. The van der Waals surface area contributed by atoms with E-state index in [2.05, 4.69) is 10.1 Å². The van der Waals surface area contributed by atoms with Crippen LogP contribution in [0.2, 0.25) is 5.02 Å². The van der Waals surface area contributed by atoms with Gasteiger partial charge in [0.1, 0.15) is 5.75 Å². The Labute approximate surface area is 153 Å². The van der Waals surface area contributed by atoms with Crippen LogP contribution in [0.3, 0.4) is 0 Å². The molecule has 0 spiro atoms. The number of rotatable bonds is 5. The summed E-state index contributed by atoms with van der Waals surface area (Å²) in [5.41, 5.74) is 1.29. The maximum absolute atomic E-state index is 12.2. The molecule has 3 aromatic rings. The second-order valence-electron chi connectivity index (χ2n) is 5.41. The van der Waals surface area contributed by atoms with E-state index in [0.717, 1.165) is 16.3 Å². The predicted octanol–water partition coefficient (Wildman–Crippen LogP) is 5.75. The topological polar surface area (TPSA) is 38.3 Å². The van der Waals surface area contributed by atoms with Gasteiger partial charge < -0.3 is 10.1 Å². The van der Waals surface area contributed by atoms with Gasteiger partial charge in [0.15, 0.2) is 0 Å². The zero-order valence-electron chi connectivity index (χ0n) is 13.5. The van der Waals surface area contributed by atoms with Gasteiger partial charge in [0.2, 0.25) is 5.91 Å². The summed E-state index contributed by atoms with van der Waals surface area (Å²) in [5.74, 6) is -0.512. The van der Waals surface area contributed by atoms with Gasteiger partial charge in [-0.05, 0) is 40.6 Å². The minimum Gasteiger partial charge on any atom is -0.433 e. The molecule has 0 aromatic heterocycles. The Kier molecular flexibility index (Phi) is 5.49. The summed E-state index contributed by atoms with van der Waals surface area (Å²) in [6.07, 6.45) is 3.12. The molecule has 0 aliphatic heterocycles. The van der Waals surface area contributed by atoms with Gasteiger partial charge >= 0.3 is 6.61 Å². The van der Waals surface area contributed by atoms with Crippen LogP contribution in [-0.4, -0.2) is 12.5 Å². The van der Waals surface area contributed by atoms with Gasteiger partial charge in [0.05, 0.1) is 5.02 Å². The lowest BCUT2D eigenvalue weighted by Crippen LogP contribution is -2.08. The first-order chi connectivity index (χ1) is 12.5. The third kappa shape index (κ3) is 4.37. The molecule has 0 fully saturated rings. The van der Waals surface area contributed by atoms with Crippen LogP contribution in [0.1, 0.15) is 5.56 Å². The largest absolute Gasteiger partial charge is 0.433 e. The average molecular weight is 374 g/mol. The molecule has 0 unspecified atom stereocenters. The summed E-state index contributed by atoms with van der Waals surface area (Å²) < 4.78 is 28.7. The first-order valence-corrected chi connectivity index (χ1v) is 8.12. The summed E-state index contributed by atoms with van der Waals surface area (Å²) in [7, 11) is 0. The Morgan fingerprint density at radius 3 is 2.62 bits per heavy atom. The fourth-order valence-electron chi connectivity index (χ4n) is 2.52. The summed E-state index contributed by atoms with van der Waals surface area (Å²) in [6.45, 7) is -2.96. The quantitative estimate of drug-likeness (QED) is 0.578. The molecule has 132 valence electrons. The van der Waals surface area contributed by atoms with Crippen molar-refractivity contribution in [1.82, 2.24) is 0 Å². The second-order valence-corrected chi connectivity index (χ2v) is 5.82. The van der Waals surface area contributed by atoms with Crippen LogP contribution in [-0.2, 0) is 4.79 Å². The lowest BCUT2D eigenvalue weighted by atomic mass is 10.0. The number of carbonyl (C=O) groups excluding carboxylic acids is 1. The number of nitrogens with one attached hydrogen (secondary N) is 1. The van der Waals surface area contributed by atoms with Crippen molar-refractivity contribution in [2.45, 2.75) is 6.61 Å². The monoisotopic (exact) mass is 373 g/mol. The molecule has 0 saturated heterocycles. The normalized spacial score (nSPS) is 11.2. The maximum Gasteiger partial charge on any atom is 0.387 e. The van der Waals surface area contributed by atoms with Crippen LogP contribution >= 0.6 is 11.6 Å². The molecule has 26 heavy (non-hydrogen) atoms. The van der Waals surface area contributed by atoms with Crippen molar-refractivity contribution in [1.29, 1.82) is 0 Å². The molecule has 3 nitrogen and oxygen atoms in total. The van der Waals surface area contributed by atoms with E-state index in [-0.39, 0.29) is 16.7 Å². The highest BCUT2D eigenvalue weighted by Crippen LogP contribution is 2.29. The minimum absolute atomic E-state index is 0.0128. The van der Waals surface area contributed by atoms with E-state index in [1.807, 2.05) is 42.5 Å². The molecular formula is C20H14ClF2NO2. The third-order valence-corrected chi connectivity index (χ3v) is 3.95. The highest BCUT2D eigenvalue weighted by atomic mass is 35.5. The van der Waals surface area contributed by atoms with Crippen molar-refractivity contribution in [2.75, 3.05) is 5.32 Å². The number of fused-ring (bicyclic) bond motifs is 1. The zero-order chi connectivity index (χ0) is 18.5. The van der Waals surface area contributed by atoms with Crippen LogP contribution in [0.15, 0.2) is 66.7 Å². The SMILES string of the molecule is O=C(/C=C/c1cccc2ccccc12)Nc1ccc(OC(F)F)c(Cl)c1. The summed E-state index contributed by atoms with van der Waals surface area (Å²) in [5, 5.41) is 4.73. The molecule has 6 heteroatoms. The van der Waals surface area contributed by atoms with Gasteiger partial charge in [-0.25, -0.2) is 0 Å².